The van der Waals surface area contributed by atoms with Gasteiger partial charge in [-0.05, 0) is 12.1 Å². The van der Waals surface area contributed by atoms with Gasteiger partial charge in [0.1, 0.15) is 11.6 Å². The van der Waals surface area contributed by atoms with E-state index in [1.807, 2.05) is 0 Å². The monoisotopic (exact) mass is 339 g/mol. The predicted octanol–water partition coefficient (Wildman–Crippen LogP) is -0.666. The maximum Gasteiger partial charge on any atom is 0.336 e. The summed E-state index contributed by atoms with van der Waals surface area (Å²) in [6.07, 6.45) is 0. The molecule has 0 aliphatic carbocycles. The van der Waals surface area contributed by atoms with E-state index in [2.05, 4.69) is 15.0 Å². The molecule has 0 unspecified atom stereocenters. The van der Waals surface area contributed by atoms with Crippen LogP contribution < -0.4 is 33.2 Å². The van der Waals surface area contributed by atoms with E-state index in [0.29, 0.717) is 16.1 Å². The van der Waals surface area contributed by atoms with Crippen LogP contribution in [0, 0.1) is 11.6 Å². The molecule has 0 fully saturated rings. The maximum absolute atomic E-state index is 13.4. The molecule has 0 radical (unpaired) electrons. The summed E-state index contributed by atoms with van der Waals surface area (Å²) in [6.45, 7) is 0. The van der Waals surface area contributed by atoms with E-state index in [9.17, 15) is 18.4 Å². The normalized spacial score (nSPS) is 10.3. The van der Waals surface area contributed by atoms with Gasteiger partial charge in [0.2, 0.25) is 0 Å². The van der Waals surface area contributed by atoms with Gasteiger partial charge >= 0.3 is 12.1 Å². The highest BCUT2D eigenvalue weighted by Gasteiger charge is 2.20. The number of aromatic nitrogens is 3. The lowest BCUT2D eigenvalue weighted by atomic mass is 10.2. The Morgan fingerprint density at radius 1 is 0.833 bits per heavy atom. The van der Waals surface area contributed by atoms with Crippen LogP contribution in [0.15, 0.2) is 18.2 Å². The topological polar surface area (TPSA) is 183 Å². The third-order valence-corrected chi connectivity index (χ3v) is 2.64. The number of amides is 4. The number of urea groups is 2. The van der Waals surface area contributed by atoms with E-state index in [1.54, 1.807) is 0 Å². The Hall–Kier alpha value is -3.45. The Bertz CT molecular complexity index is 758. The third-order valence-electron chi connectivity index (χ3n) is 2.64. The molecule has 11 nitrogen and oxygen atoms in total. The van der Waals surface area contributed by atoms with Crippen molar-refractivity contribution in [1.82, 2.24) is 15.0 Å². The first-order valence-electron chi connectivity index (χ1n) is 6.10. The summed E-state index contributed by atoms with van der Waals surface area (Å²) < 4.78 is 26.7. The second kappa shape index (κ2) is 6.35. The van der Waals surface area contributed by atoms with Crippen molar-refractivity contribution in [3.63, 3.8) is 0 Å². The Balaban J connectivity index is 2.65. The second-order valence-corrected chi connectivity index (χ2v) is 4.33. The fourth-order valence-electron chi connectivity index (χ4n) is 1.58. The highest BCUT2D eigenvalue weighted by atomic mass is 19.1. The van der Waals surface area contributed by atoms with Crippen LogP contribution in [-0.2, 0) is 0 Å². The Labute approximate surface area is 132 Å². The number of nitrogens with two attached hydrogens (primary N) is 4. The van der Waals surface area contributed by atoms with Crippen molar-refractivity contribution in [3.8, 4) is 11.4 Å². The van der Waals surface area contributed by atoms with Gasteiger partial charge in [-0.15, -0.1) is 0 Å². The van der Waals surface area contributed by atoms with Crippen molar-refractivity contribution in [1.29, 1.82) is 0 Å². The molecule has 24 heavy (non-hydrogen) atoms. The first-order valence-corrected chi connectivity index (χ1v) is 6.10. The van der Waals surface area contributed by atoms with Crippen LogP contribution in [0.25, 0.3) is 11.4 Å². The molecule has 0 aliphatic rings. The summed E-state index contributed by atoms with van der Waals surface area (Å²) in [5.41, 5.74) is 9.86. The van der Waals surface area contributed by atoms with E-state index < -0.39 is 35.6 Å². The van der Waals surface area contributed by atoms with Gasteiger partial charge in [-0.2, -0.15) is 25.0 Å². The minimum Gasteiger partial charge on any atom is -0.350 e. The number of nitrogens with zero attached hydrogens (tertiary/aromatic N) is 5. The van der Waals surface area contributed by atoms with E-state index in [0.717, 1.165) is 12.1 Å². The molecule has 2 aromatic rings. The van der Waals surface area contributed by atoms with E-state index >= 15 is 0 Å². The molecule has 0 bridgehead atoms. The average Bonchev–Trinajstić information content (AvgIpc) is 2.51. The number of benzene rings is 1. The number of carbonyl (C=O) groups is 2. The molecule has 0 aliphatic heterocycles. The van der Waals surface area contributed by atoms with Crippen LogP contribution >= 0.6 is 0 Å². The second-order valence-electron chi connectivity index (χ2n) is 4.33. The summed E-state index contributed by atoms with van der Waals surface area (Å²) in [4.78, 5) is 33.4. The zero-order valence-corrected chi connectivity index (χ0v) is 11.8. The molecular weight excluding hydrogens is 328 g/mol. The van der Waals surface area contributed by atoms with Gasteiger partial charge in [-0.3, -0.25) is 0 Å². The molecule has 2 rings (SSSR count). The van der Waals surface area contributed by atoms with E-state index in [4.69, 9.17) is 23.2 Å². The molecule has 1 aromatic carbocycles. The molecule has 0 spiro atoms. The van der Waals surface area contributed by atoms with Crippen molar-refractivity contribution in [3.05, 3.63) is 29.8 Å². The quantitative estimate of drug-likeness (QED) is 0.324. The minimum absolute atomic E-state index is 0.131. The number of anilines is 2. The van der Waals surface area contributed by atoms with Gasteiger partial charge < -0.3 is 11.5 Å². The highest BCUT2D eigenvalue weighted by molar-refractivity contribution is 5.89. The summed E-state index contributed by atoms with van der Waals surface area (Å²) in [5, 5.41) is 0.637. The van der Waals surface area contributed by atoms with Crippen molar-refractivity contribution in [2.45, 2.75) is 0 Å². The standard InChI is InChI=1S/C11H11F2N9O2/c12-5-1-4(2-6(13)3-5)7-18-10(21(16)8(14)23)20-11(19-7)22(17)9(15)24/h1-3H,16-17H2,(H2,14,23)(H2,15,24). The number of hydrogen-bond acceptors (Lipinski definition) is 7. The number of hydrogen-bond donors (Lipinski definition) is 4. The molecule has 1 heterocycles. The largest absolute Gasteiger partial charge is 0.350 e. The molecule has 0 atom stereocenters. The lowest BCUT2D eigenvalue weighted by Gasteiger charge is -2.16. The van der Waals surface area contributed by atoms with Crippen molar-refractivity contribution in [2.24, 2.45) is 23.2 Å². The number of rotatable bonds is 3. The first kappa shape index (κ1) is 16.9. The SMILES string of the molecule is NC(=O)N(N)c1nc(-c2cc(F)cc(F)c2)nc(N(N)C(N)=O)n1. The number of primary amides is 2. The van der Waals surface area contributed by atoms with Gasteiger partial charge in [-0.25, -0.2) is 30.1 Å². The summed E-state index contributed by atoms with van der Waals surface area (Å²) in [6, 6.07) is 0.145. The van der Waals surface area contributed by atoms with Crippen molar-refractivity contribution >= 4 is 24.0 Å². The summed E-state index contributed by atoms with van der Waals surface area (Å²) >= 11 is 0. The van der Waals surface area contributed by atoms with Crippen LogP contribution in [0.1, 0.15) is 0 Å². The fourth-order valence-corrected chi connectivity index (χ4v) is 1.58. The van der Waals surface area contributed by atoms with Gasteiger partial charge in [0.25, 0.3) is 11.9 Å². The van der Waals surface area contributed by atoms with Crippen molar-refractivity contribution in [2.75, 3.05) is 10.0 Å². The minimum atomic E-state index is -1.15. The lowest BCUT2D eigenvalue weighted by Crippen LogP contribution is -2.45. The highest BCUT2D eigenvalue weighted by Crippen LogP contribution is 2.21. The van der Waals surface area contributed by atoms with Gasteiger partial charge in [0.15, 0.2) is 5.82 Å². The predicted molar refractivity (Wildman–Crippen MR) is 77.7 cm³/mol. The molecule has 8 N–H and O–H groups in total. The average molecular weight is 339 g/mol. The zero-order chi connectivity index (χ0) is 18.0. The van der Waals surface area contributed by atoms with Crippen LogP contribution in [0.5, 0.6) is 0 Å². The molecule has 4 amide bonds. The Kier molecular flexibility index (Phi) is 4.47. The summed E-state index contributed by atoms with van der Waals surface area (Å²) in [5.74, 6) is 7.54. The number of carbonyl (C=O) groups excluding carboxylic acids is 2. The number of hydrazine groups is 2. The van der Waals surface area contributed by atoms with Crippen LogP contribution in [-0.4, -0.2) is 27.0 Å². The molecule has 0 saturated heterocycles. The van der Waals surface area contributed by atoms with Gasteiger partial charge in [0, 0.05) is 11.6 Å². The molecule has 13 heteroatoms. The van der Waals surface area contributed by atoms with Crippen LogP contribution in [0.3, 0.4) is 0 Å². The third kappa shape index (κ3) is 3.47. The van der Waals surface area contributed by atoms with Crippen LogP contribution in [0.2, 0.25) is 0 Å². The van der Waals surface area contributed by atoms with Gasteiger partial charge in [0.05, 0.1) is 0 Å². The molecular formula is C11H11F2N9O2. The molecule has 0 saturated carbocycles. The smallest absolute Gasteiger partial charge is 0.336 e. The molecule has 1 aromatic heterocycles. The first-order chi connectivity index (χ1) is 11.2. The van der Waals surface area contributed by atoms with Crippen LogP contribution in [0.4, 0.5) is 30.3 Å². The Morgan fingerprint density at radius 2 is 1.25 bits per heavy atom. The van der Waals surface area contributed by atoms with Crippen molar-refractivity contribution < 1.29 is 18.4 Å². The summed E-state index contributed by atoms with van der Waals surface area (Å²) in [7, 11) is 0. The fraction of sp³-hybridized carbons (Fsp3) is 0. The number of halogens is 2. The zero-order valence-electron chi connectivity index (χ0n) is 11.8. The van der Waals surface area contributed by atoms with E-state index in [-0.39, 0.29) is 11.4 Å². The Morgan fingerprint density at radius 3 is 1.62 bits per heavy atom. The maximum atomic E-state index is 13.4. The van der Waals surface area contributed by atoms with Gasteiger partial charge in [-0.1, -0.05) is 0 Å². The van der Waals surface area contributed by atoms with E-state index in [1.165, 1.54) is 0 Å². The lowest BCUT2D eigenvalue weighted by molar-refractivity contribution is 0.253. The molecule has 126 valence electrons.